The van der Waals surface area contributed by atoms with E-state index < -0.39 is 0 Å². The Kier molecular flexibility index (Phi) is 7.56. The zero-order valence-corrected chi connectivity index (χ0v) is 16.9. The molecule has 5 nitrogen and oxygen atoms in total. The van der Waals surface area contributed by atoms with Crippen molar-refractivity contribution >= 4 is 23.8 Å². The topological polar surface area (TPSA) is 36.0 Å². The first-order chi connectivity index (χ1) is 13.2. The molecule has 2 fully saturated rings. The minimum Gasteiger partial charge on any atom is -0.450 e. The number of halogens is 1. The molecule has 1 aromatic rings. The van der Waals surface area contributed by atoms with E-state index in [4.69, 9.17) is 16.3 Å². The molecule has 2 saturated heterocycles. The molecular formula is C21H30ClN3O2. The Morgan fingerprint density at radius 2 is 1.93 bits per heavy atom. The molecule has 0 aliphatic carbocycles. The minimum absolute atomic E-state index is 0.180. The number of hydrogen-bond acceptors (Lipinski definition) is 4. The lowest BCUT2D eigenvalue weighted by Crippen LogP contribution is -2.56. The number of benzene rings is 1. The first-order valence-electron chi connectivity index (χ1n) is 9.95. The Morgan fingerprint density at radius 3 is 2.63 bits per heavy atom. The van der Waals surface area contributed by atoms with Gasteiger partial charge in [0.1, 0.15) is 0 Å². The molecule has 0 bridgehead atoms. The number of rotatable bonds is 5. The number of piperazine rings is 1. The highest BCUT2D eigenvalue weighted by Gasteiger charge is 2.29. The molecule has 6 heteroatoms. The summed E-state index contributed by atoms with van der Waals surface area (Å²) >= 11 is 6.51. The largest absolute Gasteiger partial charge is 0.450 e. The van der Waals surface area contributed by atoms with Crippen LogP contribution in [0.4, 0.5) is 4.79 Å². The summed E-state index contributed by atoms with van der Waals surface area (Å²) < 4.78 is 5.11. The van der Waals surface area contributed by atoms with Crippen molar-refractivity contribution in [3.63, 3.8) is 0 Å². The summed E-state index contributed by atoms with van der Waals surface area (Å²) in [6.45, 7) is 8.58. The molecule has 0 saturated carbocycles. The van der Waals surface area contributed by atoms with Gasteiger partial charge < -0.3 is 9.64 Å². The predicted molar refractivity (Wildman–Crippen MR) is 110 cm³/mol. The fourth-order valence-electron chi connectivity index (χ4n) is 3.95. The molecule has 0 spiro atoms. The maximum atomic E-state index is 11.9. The summed E-state index contributed by atoms with van der Waals surface area (Å²) in [5, 5.41) is 0.883. The third-order valence-corrected chi connectivity index (χ3v) is 5.56. The van der Waals surface area contributed by atoms with Crippen LogP contribution in [-0.2, 0) is 4.74 Å². The molecule has 3 rings (SSSR count). The van der Waals surface area contributed by atoms with Crippen LogP contribution in [-0.4, -0.2) is 79.3 Å². The van der Waals surface area contributed by atoms with Crippen molar-refractivity contribution in [1.82, 2.24) is 14.7 Å². The molecule has 2 aliphatic heterocycles. The van der Waals surface area contributed by atoms with Gasteiger partial charge in [0, 0.05) is 50.3 Å². The van der Waals surface area contributed by atoms with E-state index in [0.29, 0.717) is 12.6 Å². The summed E-state index contributed by atoms with van der Waals surface area (Å²) in [4.78, 5) is 18.7. The number of carbonyl (C=O) groups is 1. The SMILES string of the molecule is CCOC(=O)N1CCN([C@@H]2CCCN(C/C(Cl)=C/c3ccccc3)C2)CC1. The van der Waals surface area contributed by atoms with Gasteiger partial charge in [-0.15, -0.1) is 0 Å². The smallest absolute Gasteiger partial charge is 0.409 e. The number of carbonyl (C=O) groups excluding carboxylic acids is 1. The van der Waals surface area contributed by atoms with Crippen LogP contribution in [0.15, 0.2) is 35.4 Å². The van der Waals surface area contributed by atoms with Crippen LogP contribution >= 0.6 is 11.6 Å². The van der Waals surface area contributed by atoms with Crippen LogP contribution < -0.4 is 0 Å². The van der Waals surface area contributed by atoms with Crippen molar-refractivity contribution in [3.05, 3.63) is 40.9 Å². The quantitative estimate of drug-likeness (QED) is 0.769. The van der Waals surface area contributed by atoms with Gasteiger partial charge in [0.15, 0.2) is 0 Å². The first-order valence-corrected chi connectivity index (χ1v) is 10.3. The number of nitrogens with zero attached hydrogens (tertiary/aromatic N) is 3. The summed E-state index contributed by atoms with van der Waals surface area (Å²) in [6, 6.07) is 10.8. The van der Waals surface area contributed by atoms with E-state index in [2.05, 4.69) is 28.0 Å². The van der Waals surface area contributed by atoms with Crippen molar-refractivity contribution in [2.75, 3.05) is 52.4 Å². The fraction of sp³-hybridized carbons (Fsp3) is 0.571. The van der Waals surface area contributed by atoms with Gasteiger partial charge in [-0.25, -0.2) is 4.79 Å². The van der Waals surface area contributed by atoms with E-state index in [0.717, 1.165) is 56.4 Å². The lowest BCUT2D eigenvalue weighted by Gasteiger charge is -2.43. The van der Waals surface area contributed by atoms with Gasteiger partial charge in [0.25, 0.3) is 0 Å². The fourth-order valence-corrected chi connectivity index (χ4v) is 4.24. The average molecular weight is 392 g/mol. The Hall–Kier alpha value is -1.56. The molecule has 1 atom stereocenters. The van der Waals surface area contributed by atoms with E-state index in [1.54, 1.807) is 0 Å². The standard InChI is InChI=1S/C21H30ClN3O2/c1-2-27-21(26)25-13-11-24(12-14-25)20-9-6-10-23(17-20)16-19(22)15-18-7-4-3-5-8-18/h3-5,7-8,15,20H,2,6,9-14,16-17H2,1H3/b19-15-/t20-/m1/s1. The molecule has 1 amide bonds. The van der Waals surface area contributed by atoms with E-state index in [9.17, 15) is 4.79 Å². The summed E-state index contributed by atoms with van der Waals surface area (Å²) in [6.07, 6.45) is 4.29. The third kappa shape index (κ3) is 5.96. The van der Waals surface area contributed by atoms with Crippen LogP contribution in [0.3, 0.4) is 0 Å². The number of likely N-dealkylation sites (tertiary alicyclic amines) is 1. The van der Waals surface area contributed by atoms with Crippen molar-refractivity contribution in [1.29, 1.82) is 0 Å². The summed E-state index contributed by atoms with van der Waals surface area (Å²) in [7, 11) is 0. The molecule has 2 aliphatic rings. The van der Waals surface area contributed by atoms with Gasteiger partial charge in [-0.3, -0.25) is 9.80 Å². The van der Waals surface area contributed by atoms with Crippen LogP contribution in [0, 0.1) is 0 Å². The van der Waals surface area contributed by atoms with E-state index in [1.165, 1.54) is 12.8 Å². The Bertz CT molecular complexity index is 630. The molecule has 0 unspecified atom stereocenters. The third-order valence-electron chi connectivity index (χ3n) is 5.33. The maximum absolute atomic E-state index is 11.9. The van der Waals surface area contributed by atoms with Crippen LogP contribution in [0.25, 0.3) is 6.08 Å². The van der Waals surface area contributed by atoms with Crippen molar-refractivity contribution in [2.24, 2.45) is 0 Å². The van der Waals surface area contributed by atoms with Crippen molar-refractivity contribution in [3.8, 4) is 0 Å². The van der Waals surface area contributed by atoms with Crippen LogP contribution in [0.5, 0.6) is 0 Å². The minimum atomic E-state index is -0.180. The molecule has 1 aromatic carbocycles. The highest BCUT2D eigenvalue weighted by atomic mass is 35.5. The zero-order chi connectivity index (χ0) is 19.1. The molecule has 27 heavy (non-hydrogen) atoms. The molecular weight excluding hydrogens is 362 g/mol. The lowest BCUT2D eigenvalue weighted by atomic mass is 10.0. The second-order valence-electron chi connectivity index (χ2n) is 7.25. The molecule has 2 heterocycles. The van der Waals surface area contributed by atoms with Gasteiger partial charge in [0.05, 0.1) is 6.61 Å². The van der Waals surface area contributed by atoms with Crippen LogP contribution in [0.1, 0.15) is 25.3 Å². The van der Waals surface area contributed by atoms with Gasteiger partial charge in [-0.05, 0) is 37.9 Å². The van der Waals surface area contributed by atoms with Gasteiger partial charge in [0.2, 0.25) is 0 Å². The molecule has 0 aromatic heterocycles. The number of piperidine rings is 1. The van der Waals surface area contributed by atoms with E-state index in [1.807, 2.05) is 30.0 Å². The average Bonchev–Trinajstić information content (AvgIpc) is 2.69. The number of amides is 1. The molecule has 148 valence electrons. The summed E-state index contributed by atoms with van der Waals surface area (Å²) in [5.74, 6) is 0. The Balaban J connectivity index is 1.48. The second kappa shape index (κ2) is 10.1. The lowest BCUT2D eigenvalue weighted by molar-refractivity contribution is 0.0448. The Morgan fingerprint density at radius 1 is 1.19 bits per heavy atom. The summed E-state index contributed by atoms with van der Waals surface area (Å²) in [5.41, 5.74) is 1.14. The van der Waals surface area contributed by atoms with Gasteiger partial charge in [-0.1, -0.05) is 41.9 Å². The number of ether oxygens (including phenoxy) is 1. The zero-order valence-electron chi connectivity index (χ0n) is 16.1. The number of hydrogen-bond donors (Lipinski definition) is 0. The van der Waals surface area contributed by atoms with Crippen LogP contribution in [0.2, 0.25) is 0 Å². The van der Waals surface area contributed by atoms with Gasteiger partial charge >= 0.3 is 6.09 Å². The highest BCUT2D eigenvalue weighted by molar-refractivity contribution is 6.31. The van der Waals surface area contributed by atoms with Crippen molar-refractivity contribution < 1.29 is 9.53 Å². The van der Waals surface area contributed by atoms with E-state index >= 15 is 0 Å². The second-order valence-corrected chi connectivity index (χ2v) is 7.74. The maximum Gasteiger partial charge on any atom is 0.409 e. The normalized spacial score (nSPS) is 22.7. The Labute approximate surface area is 167 Å². The highest BCUT2D eigenvalue weighted by Crippen LogP contribution is 2.20. The first kappa shape index (κ1) is 20.2. The molecule has 0 radical (unpaired) electrons. The molecule has 0 N–H and O–H groups in total. The predicted octanol–water partition coefficient (Wildman–Crippen LogP) is 3.50. The monoisotopic (exact) mass is 391 g/mol. The van der Waals surface area contributed by atoms with E-state index in [-0.39, 0.29) is 6.09 Å². The van der Waals surface area contributed by atoms with Gasteiger partial charge in [-0.2, -0.15) is 0 Å². The van der Waals surface area contributed by atoms with Crippen molar-refractivity contribution in [2.45, 2.75) is 25.8 Å².